The molecule has 1 fully saturated rings. The van der Waals surface area contributed by atoms with Crippen LogP contribution in [-0.2, 0) is 4.79 Å². The van der Waals surface area contributed by atoms with E-state index in [1.807, 2.05) is 36.1 Å². The van der Waals surface area contributed by atoms with E-state index in [4.69, 9.17) is 4.74 Å². The zero-order valence-electron chi connectivity index (χ0n) is 16.8. The largest absolute Gasteiger partial charge is 0.478 e. The topological polar surface area (TPSA) is 67.3 Å². The molecule has 28 heavy (non-hydrogen) atoms. The molecular formula is C22H30N4O2. The number of hydrogen-bond donors (Lipinski definition) is 1. The molecule has 0 aliphatic carbocycles. The Bertz CT molecular complexity index is 745. The van der Waals surface area contributed by atoms with Crippen LogP contribution in [0.3, 0.4) is 0 Å². The molecule has 1 aromatic carbocycles. The van der Waals surface area contributed by atoms with Crippen LogP contribution in [0.25, 0.3) is 0 Å². The van der Waals surface area contributed by atoms with Crippen molar-refractivity contribution in [3.63, 3.8) is 0 Å². The number of carbonyl (C=O) groups is 1. The summed E-state index contributed by atoms with van der Waals surface area (Å²) in [5.41, 5.74) is 1.25. The summed E-state index contributed by atoms with van der Waals surface area (Å²) in [7, 11) is 0. The van der Waals surface area contributed by atoms with Gasteiger partial charge in [0, 0.05) is 31.6 Å². The number of ether oxygens (including phenoxy) is 1. The first-order valence-electron chi connectivity index (χ1n) is 10.2. The van der Waals surface area contributed by atoms with E-state index in [1.165, 1.54) is 11.9 Å². The predicted molar refractivity (Wildman–Crippen MR) is 111 cm³/mol. The monoisotopic (exact) mass is 382 g/mol. The Kier molecular flexibility index (Phi) is 7.23. The van der Waals surface area contributed by atoms with Crippen molar-refractivity contribution < 1.29 is 9.53 Å². The van der Waals surface area contributed by atoms with Crippen LogP contribution in [0, 0.1) is 0 Å². The van der Waals surface area contributed by atoms with Crippen LogP contribution in [0.5, 0.6) is 5.88 Å². The van der Waals surface area contributed by atoms with Crippen LogP contribution in [-0.4, -0.2) is 46.5 Å². The van der Waals surface area contributed by atoms with Gasteiger partial charge in [0.25, 0.3) is 0 Å². The number of likely N-dealkylation sites (tertiary alicyclic amines) is 1. The smallest absolute Gasteiger partial charge is 0.223 e. The molecule has 1 aromatic heterocycles. The van der Waals surface area contributed by atoms with E-state index in [2.05, 4.69) is 34.3 Å². The quantitative estimate of drug-likeness (QED) is 0.751. The number of rotatable bonds is 8. The van der Waals surface area contributed by atoms with Gasteiger partial charge in [0.1, 0.15) is 12.1 Å². The van der Waals surface area contributed by atoms with Crippen molar-refractivity contribution in [1.82, 2.24) is 14.9 Å². The Morgan fingerprint density at radius 3 is 2.64 bits per heavy atom. The standard InChI is InChI=1S/C22H30N4O2/c1-3-17(18-8-6-5-7-9-18)14-22(27)26-12-10-19(11-13-26)25-20-15-21(28-4-2)24-16-23-20/h5-9,15-17,19H,3-4,10-14H2,1-2H3,(H,23,24,25). The summed E-state index contributed by atoms with van der Waals surface area (Å²) in [4.78, 5) is 23.2. The maximum atomic E-state index is 12.8. The lowest BCUT2D eigenvalue weighted by molar-refractivity contribution is -0.132. The van der Waals surface area contributed by atoms with Crippen LogP contribution >= 0.6 is 0 Å². The summed E-state index contributed by atoms with van der Waals surface area (Å²) in [6.45, 7) is 6.23. The molecule has 3 rings (SSSR count). The zero-order chi connectivity index (χ0) is 19.8. The lowest BCUT2D eigenvalue weighted by Crippen LogP contribution is -2.42. The van der Waals surface area contributed by atoms with Crippen LogP contribution in [0.15, 0.2) is 42.7 Å². The number of carbonyl (C=O) groups excluding carboxylic acids is 1. The fraction of sp³-hybridized carbons (Fsp3) is 0.500. The van der Waals surface area contributed by atoms with Gasteiger partial charge in [-0.25, -0.2) is 9.97 Å². The molecule has 0 spiro atoms. The third kappa shape index (κ3) is 5.44. The first-order valence-corrected chi connectivity index (χ1v) is 10.2. The van der Waals surface area contributed by atoms with Crippen molar-refractivity contribution in [3.05, 3.63) is 48.3 Å². The Morgan fingerprint density at radius 2 is 1.96 bits per heavy atom. The highest BCUT2D eigenvalue weighted by molar-refractivity contribution is 5.77. The van der Waals surface area contributed by atoms with Crippen molar-refractivity contribution in [2.75, 3.05) is 25.0 Å². The number of nitrogens with zero attached hydrogens (tertiary/aromatic N) is 3. The number of benzene rings is 1. The van der Waals surface area contributed by atoms with Crippen molar-refractivity contribution in [2.24, 2.45) is 0 Å². The minimum Gasteiger partial charge on any atom is -0.478 e. The minimum absolute atomic E-state index is 0.259. The van der Waals surface area contributed by atoms with E-state index < -0.39 is 0 Å². The molecule has 1 unspecified atom stereocenters. The Hall–Kier alpha value is -2.63. The van der Waals surface area contributed by atoms with Gasteiger partial charge in [0.2, 0.25) is 11.8 Å². The van der Waals surface area contributed by atoms with Gasteiger partial charge in [0.15, 0.2) is 0 Å². The highest BCUT2D eigenvalue weighted by Crippen LogP contribution is 2.25. The molecule has 2 heterocycles. The van der Waals surface area contributed by atoms with Gasteiger partial charge in [-0.2, -0.15) is 0 Å². The number of amides is 1. The summed E-state index contributed by atoms with van der Waals surface area (Å²) in [5, 5.41) is 3.45. The second-order valence-electron chi connectivity index (χ2n) is 7.19. The second-order valence-corrected chi connectivity index (χ2v) is 7.19. The molecule has 0 saturated carbocycles. The van der Waals surface area contributed by atoms with Crippen LogP contribution in [0.1, 0.15) is 51.0 Å². The zero-order valence-corrected chi connectivity index (χ0v) is 16.8. The summed E-state index contributed by atoms with van der Waals surface area (Å²) in [5.74, 6) is 1.91. The van der Waals surface area contributed by atoms with Gasteiger partial charge in [-0.3, -0.25) is 4.79 Å². The highest BCUT2D eigenvalue weighted by Gasteiger charge is 2.25. The van der Waals surface area contributed by atoms with E-state index in [0.717, 1.165) is 38.2 Å². The normalized spacial score (nSPS) is 15.9. The molecule has 0 radical (unpaired) electrons. The molecule has 6 heteroatoms. The van der Waals surface area contributed by atoms with Gasteiger partial charge >= 0.3 is 0 Å². The maximum Gasteiger partial charge on any atom is 0.223 e. The fourth-order valence-electron chi connectivity index (χ4n) is 3.69. The molecule has 6 nitrogen and oxygen atoms in total. The fourth-order valence-corrected chi connectivity index (χ4v) is 3.69. The highest BCUT2D eigenvalue weighted by atomic mass is 16.5. The first kappa shape index (κ1) is 20.1. The van der Waals surface area contributed by atoms with Crippen molar-refractivity contribution in [1.29, 1.82) is 0 Å². The van der Waals surface area contributed by atoms with Crippen LogP contribution < -0.4 is 10.1 Å². The number of aromatic nitrogens is 2. The molecule has 1 atom stereocenters. The third-order valence-corrected chi connectivity index (χ3v) is 5.32. The average molecular weight is 383 g/mol. The first-order chi connectivity index (χ1) is 13.7. The maximum absolute atomic E-state index is 12.8. The van der Waals surface area contributed by atoms with E-state index in [-0.39, 0.29) is 5.91 Å². The van der Waals surface area contributed by atoms with Gasteiger partial charge in [-0.15, -0.1) is 0 Å². The molecule has 150 valence electrons. The summed E-state index contributed by atoms with van der Waals surface area (Å²) < 4.78 is 5.42. The van der Waals surface area contributed by atoms with E-state index in [9.17, 15) is 4.79 Å². The van der Waals surface area contributed by atoms with Crippen LogP contribution in [0.2, 0.25) is 0 Å². The number of piperidine rings is 1. The lowest BCUT2D eigenvalue weighted by Gasteiger charge is -2.33. The van der Waals surface area contributed by atoms with E-state index in [0.29, 0.717) is 30.9 Å². The lowest BCUT2D eigenvalue weighted by atomic mass is 9.92. The van der Waals surface area contributed by atoms with Crippen molar-refractivity contribution in [2.45, 2.75) is 51.5 Å². The number of nitrogens with one attached hydrogen (secondary N) is 1. The third-order valence-electron chi connectivity index (χ3n) is 5.32. The Labute approximate surface area is 167 Å². The van der Waals surface area contributed by atoms with Gasteiger partial charge in [-0.05, 0) is 37.7 Å². The second kappa shape index (κ2) is 10.1. The van der Waals surface area contributed by atoms with Gasteiger partial charge < -0.3 is 15.0 Å². The Morgan fingerprint density at radius 1 is 1.21 bits per heavy atom. The molecule has 1 N–H and O–H groups in total. The molecule has 1 aliphatic heterocycles. The molecule has 1 amide bonds. The average Bonchev–Trinajstić information content (AvgIpc) is 2.73. The SMILES string of the molecule is CCOc1cc(NC2CCN(C(=O)CC(CC)c3ccccc3)CC2)ncn1. The summed E-state index contributed by atoms with van der Waals surface area (Å²) in [6, 6.07) is 12.5. The molecule has 2 aromatic rings. The minimum atomic E-state index is 0.259. The molecule has 0 bridgehead atoms. The summed E-state index contributed by atoms with van der Waals surface area (Å²) in [6.07, 6.45) is 4.91. The molecule has 1 aliphatic rings. The van der Waals surface area contributed by atoms with Crippen LogP contribution in [0.4, 0.5) is 5.82 Å². The predicted octanol–water partition coefficient (Wildman–Crippen LogP) is 3.86. The number of hydrogen-bond acceptors (Lipinski definition) is 5. The number of anilines is 1. The molecular weight excluding hydrogens is 352 g/mol. The van der Waals surface area contributed by atoms with Gasteiger partial charge in [0.05, 0.1) is 6.61 Å². The van der Waals surface area contributed by atoms with Gasteiger partial charge in [-0.1, -0.05) is 37.3 Å². The van der Waals surface area contributed by atoms with Crippen molar-refractivity contribution >= 4 is 11.7 Å². The summed E-state index contributed by atoms with van der Waals surface area (Å²) >= 11 is 0. The Balaban J connectivity index is 1.49. The van der Waals surface area contributed by atoms with Crippen molar-refractivity contribution in [3.8, 4) is 5.88 Å². The van der Waals surface area contributed by atoms with E-state index in [1.54, 1.807) is 0 Å². The van der Waals surface area contributed by atoms with E-state index >= 15 is 0 Å². The molecule has 1 saturated heterocycles.